The number of hydrogen-bond acceptors (Lipinski definition) is 5. The number of halogens is 2. The third kappa shape index (κ3) is 3.25. The topological polar surface area (TPSA) is 92.7 Å². The number of carbonyl (C=O) groups is 1. The van der Waals surface area contributed by atoms with E-state index in [-0.39, 0.29) is 31.0 Å². The quantitative estimate of drug-likeness (QED) is 0.736. The van der Waals surface area contributed by atoms with Crippen molar-refractivity contribution in [1.29, 1.82) is 0 Å². The lowest BCUT2D eigenvalue weighted by Gasteiger charge is -2.33. The van der Waals surface area contributed by atoms with Crippen molar-refractivity contribution in [1.82, 2.24) is 4.72 Å². The normalized spacial score (nSPS) is 18.9. The summed E-state index contributed by atoms with van der Waals surface area (Å²) >= 11 is 7.58. The highest BCUT2D eigenvalue weighted by atomic mass is 79.9. The minimum absolute atomic E-state index is 0.0292. The molecule has 0 amide bonds. The highest BCUT2D eigenvalue weighted by Gasteiger charge is 2.44. The first-order valence-electron chi connectivity index (χ1n) is 5.57. The lowest BCUT2D eigenvalue weighted by molar-refractivity contribution is -0.147. The number of aliphatic carboxylic acids is 1. The van der Waals surface area contributed by atoms with Crippen molar-refractivity contribution < 1.29 is 23.1 Å². The Bertz CT molecular complexity index is 622. The SMILES string of the molecule is O=C(O)C1(NS(=O)(=O)c2cc(Br)sc2Br)CCOCC1. The molecule has 0 atom stereocenters. The molecule has 112 valence electrons. The van der Waals surface area contributed by atoms with Crippen LogP contribution in [0.4, 0.5) is 0 Å². The Morgan fingerprint density at radius 1 is 1.40 bits per heavy atom. The second kappa shape index (κ2) is 6.01. The van der Waals surface area contributed by atoms with E-state index < -0.39 is 21.5 Å². The Morgan fingerprint density at radius 3 is 2.45 bits per heavy atom. The highest BCUT2D eigenvalue weighted by Crippen LogP contribution is 2.36. The average molecular weight is 449 g/mol. The summed E-state index contributed by atoms with van der Waals surface area (Å²) in [7, 11) is -3.93. The monoisotopic (exact) mass is 447 g/mol. The number of ether oxygens (including phenoxy) is 1. The standard InChI is InChI=1S/C10H11Br2NO5S2/c11-7-5-6(8(12)19-7)20(16,17)13-10(9(14)15)1-3-18-4-2-10/h5,13H,1-4H2,(H,14,15). The number of carboxylic acids is 1. The zero-order valence-corrected chi connectivity index (χ0v) is 14.9. The number of sulfonamides is 1. The van der Waals surface area contributed by atoms with Crippen LogP contribution in [0.2, 0.25) is 0 Å². The van der Waals surface area contributed by atoms with Crippen LogP contribution >= 0.6 is 43.2 Å². The van der Waals surface area contributed by atoms with Gasteiger partial charge in [-0.2, -0.15) is 4.72 Å². The molecule has 1 aromatic rings. The van der Waals surface area contributed by atoms with E-state index in [1.54, 1.807) is 0 Å². The minimum atomic E-state index is -3.93. The van der Waals surface area contributed by atoms with E-state index in [2.05, 4.69) is 36.6 Å². The lowest BCUT2D eigenvalue weighted by atomic mass is 9.92. The molecule has 0 aliphatic carbocycles. The van der Waals surface area contributed by atoms with Crippen molar-refractivity contribution in [2.75, 3.05) is 13.2 Å². The summed E-state index contributed by atoms with van der Waals surface area (Å²) in [6.07, 6.45) is 0.203. The molecule has 2 N–H and O–H groups in total. The van der Waals surface area contributed by atoms with Gasteiger partial charge in [0.05, 0.1) is 7.57 Å². The van der Waals surface area contributed by atoms with Crippen molar-refractivity contribution in [2.24, 2.45) is 0 Å². The largest absolute Gasteiger partial charge is 0.480 e. The summed E-state index contributed by atoms with van der Waals surface area (Å²) in [5.41, 5.74) is -1.51. The Balaban J connectivity index is 2.35. The van der Waals surface area contributed by atoms with Crippen LogP contribution < -0.4 is 4.72 Å². The molecule has 0 bridgehead atoms. The summed E-state index contributed by atoms with van der Waals surface area (Å²) in [6.45, 7) is 0.423. The van der Waals surface area contributed by atoms with Crippen LogP contribution in [0.1, 0.15) is 12.8 Å². The van der Waals surface area contributed by atoms with Gasteiger partial charge in [0.2, 0.25) is 10.0 Å². The fourth-order valence-corrected chi connectivity index (χ4v) is 7.13. The van der Waals surface area contributed by atoms with Crippen LogP contribution in [0, 0.1) is 0 Å². The van der Waals surface area contributed by atoms with Gasteiger partial charge in [0.1, 0.15) is 10.4 Å². The Kier molecular flexibility index (Phi) is 4.92. The molecule has 1 aliphatic heterocycles. The number of nitrogens with one attached hydrogen (secondary N) is 1. The second-order valence-corrected chi connectivity index (χ2v) is 9.69. The van der Waals surface area contributed by atoms with Crippen molar-refractivity contribution in [2.45, 2.75) is 23.3 Å². The lowest BCUT2D eigenvalue weighted by Crippen LogP contribution is -2.57. The van der Waals surface area contributed by atoms with E-state index in [0.717, 1.165) is 0 Å². The van der Waals surface area contributed by atoms with E-state index in [1.807, 2.05) is 0 Å². The molecule has 2 rings (SSSR count). The maximum absolute atomic E-state index is 12.4. The Labute approximate surface area is 136 Å². The van der Waals surface area contributed by atoms with Gasteiger partial charge >= 0.3 is 5.97 Å². The molecular formula is C10H11Br2NO5S2. The van der Waals surface area contributed by atoms with Gasteiger partial charge in [0.15, 0.2) is 0 Å². The third-order valence-corrected chi connectivity index (χ3v) is 7.29. The van der Waals surface area contributed by atoms with E-state index in [4.69, 9.17) is 4.74 Å². The molecule has 1 aliphatic rings. The van der Waals surface area contributed by atoms with Crippen LogP contribution in [0.3, 0.4) is 0 Å². The molecule has 10 heteroatoms. The molecule has 0 spiro atoms. The first-order chi connectivity index (χ1) is 9.27. The van der Waals surface area contributed by atoms with Gasteiger partial charge in [-0.3, -0.25) is 4.79 Å². The fraction of sp³-hybridized carbons (Fsp3) is 0.500. The van der Waals surface area contributed by atoms with Crippen LogP contribution in [0.15, 0.2) is 18.5 Å². The van der Waals surface area contributed by atoms with E-state index in [1.165, 1.54) is 17.4 Å². The predicted molar refractivity (Wildman–Crippen MR) is 80.5 cm³/mol. The van der Waals surface area contributed by atoms with Gasteiger partial charge in [-0.1, -0.05) is 0 Å². The van der Waals surface area contributed by atoms with Crippen molar-refractivity contribution in [3.8, 4) is 0 Å². The van der Waals surface area contributed by atoms with Gasteiger partial charge in [0.25, 0.3) is 0 Å². The molecule has 0 aromatic carbocycles. The van der Waals surface area contributed by atoms with Gasteiger partial charge < -0.3 is 9.84 Å². The van der Waals surface area contributed by atoms with E-state index in [0.29, 0.717) is 7.57 Å². The van der Waals surface area contributed by atoms with Gasteiger partial charge in [0, 0.05) is 26.1 Å². The number of carboxylic acid groups (broad SMARTS) is 1. The van der Waals surface area contributed by atoms with Crippen molar-refractivity contribution in [3.05, 3.63) is 13.6 Å². The van der Waals surface area contributed by atoms with Crippen LogP contribution in [-0.2, 0) is 19.6 Å². The number of hydrogen-bond donors (Lipinski definition) is 2. The highest BCUT2D eigenvalue weighted by molar-refractivity contribution is 9.12. The smallest absolute Gasteiger partial charge is 0.325 e. The van der Waals surface area contributed by atoms with E-state index in [9.17, 15) is 18.3 Å². The maximum Gasteiger partial charge on any atom is 0.325 e. The molecule has 20 heavy (non-hydrogen) atoms. The number of thiophene rings is 1. The van der Waals surface area contributed by atoms with Crippen molar-refractivity contribution >= 4 is 59.2 Å². The zero-order chi connectivity index (χ0) is 15.0. The van der Waals surface area contributed by atoms with Crippen LogP contribution in [-0.4, -0.2) is 38.2 Å². The van der Waals surface area contributed by atoms with Gasteiger partial charge in [-0.05, 0) is 37.9 Å². The molecule has 0 unspecified atom stereocenters. The summed E-state index contributed by atoms with van der Waals surface area (Å²) in [5.74, 6) is -1.19. The van der Waals surface area contributed by atoms with Crippen LogP contribution in [0.5, 0.6) is 0 Å². The second-order valence-electron chi connectivity index (χ2n) is 4.29. The average Bonchev–Trinajstić information content (AvgIpc) is 2.70. The third-order valence-electron chi connectivity index (χ3n) is 3.00. The predicted octanol–water partition coefficient (Wildman–Crippen LogP) is 2.19. The van der Waals surface area contributed by atoms with Gasteiger partial charge in [-0.15, -0.1) is 11.3 Å². The summed E-state index contributed by atoms with van der Waals surface area (Å²) in [5, 5.41) is 9.37. The molecule has 1 fully saturated rings. The first kappa shape index (κ1) is 16.4. The molecule has 0 radical (unpaired) electrons. The maximum atomic E-state index is 12.4. The summed E-state index contributed by atoms with van der Waals surface area (Å²) in [6, 6.07) is 1.44. The Morgan fingerprint density at radius 2 is 2.00 bits per heavy atom. The Hall–Kier alpha value is -0.000000000000000298. The van der Waals surface area contributed by atoms with Gasteiger partial charge in [-0.25, -0.2) is 8.42 Å². The minimum Gasteiger partial charge on any atom is -0.480 e. The number of rotatable bonds is 4. The molecular weight excluding hydrogens is 438 g/mol. The zero-order valence-electron chi connectivity index (χ0n) is 10.1. The fourth-order valence-electron chi connectivity index (χ4n) is 1.90. The van der Waals surface area contributed by atoms with Crippen LogP contribution in [0.25, 0.3) is 0 Å². The molecule has 6 nitrogen and oxygen atoms in total. The first-order valence-corrected chi connectivity index (χ1v) is 9.45. The summed E-state index contributed by atoms with van der Waals surface area (Å²) in [4.78, 5) is 11.5. The summed E-state index contributed by atoms with van der Waals surface area (Å²) < 4.78 is 33.3. The van der Waals surface area contributed by atoms with Crippen molar-refractivity contribution in [3.63, 3.8) is 0 Å². The molecule has 1 saturated heterocycles. The molecule has 1 aromatic heterocycles. The molecule has 2 heterocycles. The molecule has 0 saturated carbocycles. The van der Waals surface area contributed by atoms with E-state index >= 15 is 0 Å².